The SMILES string of the molecule is CC(C)NC(=O)c1nccn1Cc1ccc(-c2noc(C(F)(F)F)n2)s1. The van der Waals surface area contributed by atoms with Gasteiger partial charge in [0.1, 0.15) is 0 Å². The summed E-state index contributed by atoms with van der Waals surface area (Å²) < 4.78 is 43.5. The van der Waals surface area contributed by atoms with Crippen LogP contribution in [0.1, 0.15) is 35.2 Å². The first-order valence-electron chi connectivity index (χ1n) is 7.56. The zero-order valence-electron chi connectivity index (χ0n) is 13.7. The lowest BCUT2D eigenvalue weighted by Crippen LogP contribution is -2.32. The summed E-state index contributed by atoms with van der Waals surface area (Å²) in [6.45, 7) is 4.03. The largest absolute Gasteiger partial charge is 0.471 e. The number of aromatic nitrogens is 4. The number of imidazole rings is 1. The number of hydrogen-bond acceptors (Lipinski definition) is 6. The maximum atomic E-state index is 12.5. The average molecular weight is 385 g/mol. The summed E-state index contributed by atoms with van der Waals surface area (Å²) in [5.74, 6) is -1.55. The molecule has 7 nitrogen and oxygen atoms in total. The first-order valence-corrected chi connectivity index (χ1v) is 8.37. The minimum absolute atomic E-state index is 0.0259. The third kappa shape index (κ3) is 3.93. The number of hydrogen-bond donors (Lipinski definition) is 1. The monoisotopic (exact) mass is 385 g/mol. The van der Waals surface area contributed by atoms with E-state index in [0.717, 1.165) is 4.88 Å². The Morgan fingerprint density at radius 1 is 1.38 bits per heavy atom. The molecule has 11 heteroatoms. The molecule has 0 spiro atoms. The van der Waals surface area contributed by atoms with Gasteiger partial charge in [0.05, 0.1) is 11.4 Å². The first kappa shape index (κ1) is 18.1. The van der Waals surface area contributed by atoms with Crippen molar-refractivity contribution in [2.75, 3.05) is 0 Å². The van der Waals surface area contributed by atoms with E-state index in [-0.39, 0.29) is 23.6 Å². The Labute approximate surface area is 149 Å². The fraction of sp³-hybridized carbons (Fsp3) is 0.333. The van der Waals surface area contributed by atoms with Crippen LogP contribution in [0.5, 0.6) is 0 Å². The molecule has 0 fully saturated rings. The number of nitrogens with zero attached hydrogens (tertiary/aromatic N) is 4. The maximum absolute atomic E-state index is 12.5. The summed E-state index contributed by atoms with van der Waals surface area (Å²) >= 11 is 1.21. The van der Waals surface area contributed by atoms with Gasteiger partial charge in [-0.3, -0.25) is 4.79 Å². The molecule has 3 aromatic rings. The maximum Gasteiger partial charge on any atom is 0.471 e. The Morgan fingerprint density at radius 2 is 2.15 bits per heavy atom. The van der Waals surface area contributed by atoms with Gasteiger partial charge in [-0.1, -0.05) is 5.16 Å². The highest BCUT2D eigenvalue weighted by Crippen LogP contribution is 2.31. The lowest BCUT2D eigenvalue weighted by atomic mass is 10.3. The molecule has 0 aromatic carbocycles. The molecule has 3 heterocycles. The van der Waals surface area contributed by atoms with Crippen molar-refractivity contribution in [3.63, 3.8) is 0 Å². The van der Waals surface area contributed by atoms with Gasteiger partial charge < -0.3 is 14.4 Å². The second kappa shape index (κ2) is 6.90. The number of halogens is 3. The Hall–Kier alpha value is -2.69. The molecule has 0 unspecified atom stereocenters. The van der Waals surface area contributed by atoms with Crippen LogP contribution < -0.4 is 5.32 Å². The van der Waals surface area contributed by atoms with E-state index in [1.54, 1.807) is 22.9 Å². The Bertz CT molecular complexity index is 912. The summed E-state index contributed by atoms with van der Waals surface area (Å²) in [5, 5.41) is 6.12. The van der Waals surface area contributed by atoms with Gasteiger partial charge in [-0.2, -0.15) is 18.2 Å². The lowest BCUT2D eigenvalue weighted by Gasteiger charge is -2.09. The Balaban J connectivity index is 1.77. The van der Waals surface area contributed by atoms with Gasteiger partial charge in [-0.25, -0.2) is 4.98 Å². The van der Waals surface area contributed by atoms with Crippen molar-refractivity contribution in [3.05, 3.63) is 41.1 Å². The lowest BCUT2D eigenvalue weighted by molar-refractivity contribution is -0.159. The highest BCUT2D eigenvalue weighted by molar-refractivity contribution is 7.15. The van der Waals surface area contributed by atoms with Crippen LogP contribution in [0.15, 0.2) is 29.0 Å². The molecule has 1 amide bonds. The molecule has 3 aromatic heterocycles. The van der Waals surface area contributed by atoms with E-state index in [2.05, 4.69) is 25.0 Å². The molecule has 0 bridgehead atoms. The zero-order valence-corrected chi connectivity index (χ0v) is 14.6. The minimum Gasteiger partial charge on any atom is -0.347 e. The summed E-state index contributed by atoms with van der Waals surface area (Å²) in [4.78, 5) is 20.8. The zero-order chi connectivity index (χ0) is 18.9. The molecule has 3 rings (SSSR count). The highest BCUT2D eigenvalue weighted by Gasteiger charge is 2.38. The number of carbonyl (C=O) groups is 1. The van der Waals surface area contributed by atoms with Crippen LogP contribution >= 0.6 is 11.3 Å². The molecule has 0 saturated carbocycles. The van der Waals surface area contributed by atoms with Crippen molar-refractivity contribution in [3.8, 4) is 10.7 Å². The van der Waals surface area contributed by atoms with Gasteiger partial charge in [0.15, 0.2) is 5.82 Å². The van der Waals surface area contributed by atoms with Crippen molar-refractivity contribution in [1.82, 2.24) is 25.0 Å². The van der Waals surface area contributed by atoms with Gasteiger partial charge in [0.2, 0.25) is 5.82 Å². The van der Waals surface area contributed by atoms with Gasteiger partial charge >= 0.3 is 12.1 Å². The van der Waals surface area contributed by atoms with Gasteiger partial charge in [-0.05, 0) is 26.0 Å². The van der Waals surface area contributed by atoms with Gasteiger partial charge in [0, 0.05) is 23.3 Å². The van der Waals surface area contributed by atoms with E-state index in [1.807, 2.05) is 13.8 Å². The van der Waals surface area contributed by atoms with Crippen LogP contribution in [0.3, 0.4) is 0 Å². The minimum atomic E-state index is -4.68. The predicted octanol–water partition coefficient (Wildman–Crippen LogP) is 3.20. The molecule has 26 heavy (non-hydrogen) atoms. The normalized spacial score (nSPS) is 11.9. The molecular formula is C15H14F3N5O2S. The van der Waals surface area contributed by atoms with E-state index >= 15 is 0 Å². The van der Waals surface area contributed by atoms with Gasteiger partial charge in [0.25, 0.3) is 5.91 Å². The average Bonchev–Trinajstić information content (AvgIpc) is 3.26. The van der Waals surface area contributed by atoms with Crippen molar-refractivity contribution in [2.24, 2.45) is 0 Å². The molecular weight excluding hydrogens is 371 g/mol. The summed E-state index contributed by atoms with van der Waals surface area (Å²) in [5.41, 5.74) is 0. The molecule has 0 atom stereocenters. The number of thiophene rings is 1. The molecule has 0 aliphatic heterocycles. The van der Waals surface area contributed by atoms with Crippen LogP contribution in [0.4, 0.5) is 13.2 Å². The Kier molecular flexibility index (Phi) is 4.81. The Morgan fingerprint density at radius 3 is 2.81 bits per heavy atom. The molecule has 0 saturated heterocycles. The van der Waals surface area contributed by atoms with Gasteiger partial charge in [-0.15, -0.1) is 11.3 Å². The molecule has 138 valence electrons. The summed E-state index contributed by atoms with van der Waals surface area (Å²) in [6, 6.07) is 3.31. The van der Waals surface area contributed by atoms with Crippen LogP contribution in [0.2, 0.25) is 0 Å². The van der Waals surface area contributed by atoms with Crippen LogP contribution in [-0.2, 0) is 12.7 Å². The van der Waals surface area contributed by atoms with Crippen LogP contribution in [0, 0.1) is 0 Å². The van der Waals surface area contributed by atoms with Crippen molar-refractivity contribution in [1.29, 1.82) is 0 Å². The van der Waals surface area contributed by atoms with Crippen molar-refractivity contribution >= 4 is 17.2 Å². The number of amides is 1. The predicted molar refractivity (Wildman–Crippen MR) is 86.5 cm³/mol. The number of rotatable bonds is 5. The highest BCUT2D eigenvalue weighted by atomic mass is 32.1. The second-order valence-electron chi connectivity index (χ2n) is 5.69. The number of alkyl halides is 3. The molecule has 0 aliphatic carbocycles. The van der Waals surface area contributed by atoms with E-state index in [4.69, 9.17) is 0 Å². The third-order valence-electron chi connectivity index (χ3n) is 3.22. The van der Waals surface area contributed by atoms with Crippen molar-refractivity contribution < 1.29 is 22.5 Å². The van der Waals surface area contributed by atoms with Crippen LogP contribution in [-0.4, -0.2) is 31.6 Å². The molecule has 1 N–H and O–H groups in total. The summed E-state index contributed by atoms with van der Waals surface area (Å²) in [7, 11) is 0. The first-order chi connectivity index (χ1) is 12.2. The van der Waals surface area contributed by atoms with Crippen molar-refractivity contribution in [2.45, 2.75) is 32.6 Å². The summed E-state index contributed by atoms with van der Waals surface area (Å²) in [6.07, 6.45) is -1.51. The number of nitrogens with one attached hydrogen (secondary N) is 1. The smallest absolute Gasteiger partial charge is 0.347 e. The fourth-order valence-electron chi connectivity index (χ4n) is 2.16. The fourth-order valence-corrected chi connectivity index (χ4v) is 3.09. The van der Waals surface area contributed by atoms with E-state index in [0.29, 0.717) is 11.4 Å². The standard InChI is InChI=1S/C15H14F3N5O2S/c1-8(2)20-13(24)12-19-5-6-23(12)7-9-3-4-10(26-9)11-21-14(25-22-11)15(16,17)18/h3-6,8H,7H2,1-2H3,(H,20,24). The quantitative estimate of drug-likeness (QED) is 0.729. The topological polar surface area (TPSA) is 85.8 Å². The van der Waals surface area contributed by atoms with Crippen LogP contribution in [0.25, 0.3) is 10.7 Å². The number of carbonyl (C=O) groups excluding carboxylic acids is 1. The van der Waals surface area contributed by atoms with E-state index in [1.165, 1.54) is 17.5 Å². The third-order valence-corrected chi connectivity index (χ3v) is 4.28. The molecule has 0 aliphatic rings. The molecule has 0 radical (unpaired) electrons. The van der Waals surface area contributed by atoms with E-state index < -0.39 is 12.1 Å². The van der Waals surface area contributed by atoms with E-state index in [9.17, 15) is 18.0 Å². The second-order valence-corrected chi connectivity index (χ2v) is 6.86.